The quantitative estimate of drug-likeness (QED) is 0.761. The van der Waals surface area contributed by atoms with Gasteiger partial charge >= 0.3 is 0 Å². The molecule has 2 heterocycles. The van der Waals surface area contributed by atoms with Crippen molar-refractivity contribution in [1.82, 2.24) is 19.1 Å². The third-order valence-electron chi connectivity index (χ3n) is 1.64. The Balaban J connectivity index is 2.10. The highest BCUT2D eigenvalue weighted by Gasteiger charge is 1.99. The summed E-state index contributed by atoms with van der Waals surface area (Å²) in [5.74, 6) is 0. The van der Waals surface area contributed by atoms with E-state index < -0.39 is 0 Å². The normalized spacial score (nSPS) is 10.5. The van der Waals surface area contributed by atoms with Gasteiger partial charge in [-0.15, -0.1) is 5.10 Å². The first-order valence-corrected chi connectivity index (χ1v) is 4.63. The van der Waals surface area contributed by atoms with Crippen molar-refractivity contribution in [2.75, 3.05) is 0 Å². The third kappa shape index (κ3) is 1.90. The van der Waals surface area contributed by atoms with Crippen LogP contribution in [0.25, 0.3) is 0 Å². The highest BCUT2D eigenvalue weighted by molar-refractivity contribution is 7.05. The summed E-state index contributed by atoms with van der Waals surface area (Å²) in [7, 11) is 0. The van der Waals surface area contributed by atoms with E-state index in [0.29, 0.717) is 6.54 Å². The summed E-state index contributed by atoms with van der Waals surface area (Å²) in [5.41, 5.74) is 6.34. The van der Waals surface area contributed by atoms with Crippen LogP contribution in [-0.2, 0) is 13.1 Å². The van der Waals surface area contributed by atoms with E-state index in [0.717, 1.165) is 17.1 Å². The number of nitrogens with two attached hydrogens (primary N) is 1. The van der Waals surface area contributed by atoms with Crippen molar-refractivity contribution in [2.45, 2.75) is 13.1 Å². The van der Waals surface area contributed by atoms with Crippen molar-refractivity contribution < 1.29 is 0 Å². The zero-order chi connectivity index (χ0) is 9.10. The zero-order valence-electron chi connectivity index (χ0n) is 6.92. The Morgan fingerprint density at radius 3 is 3.08 bits per heavy atom. The number of hydrogen-bond acceptors (Lipinski definition) is 5. The van der Waals surface area contributed by atoms with Crippen LogP contribution in [0, 0.1) is 0 Å². The summed E-state index contributed by atoms with van der Waals surface area (Å²) in [4.78, 5) is 5.23. The van der Waals surface area contributed by atoms with Gasteiger partial charge in [0.05, 0.1) is 29.6 Å². The van der Waals surface area contributed by atoms with Crippen LogP contribution >= 0.6 is 11.5 Å². The lowest BCUT2D eigenvalue weighted by molar-refractivity contribution is 0.806. The number of nitrogens with zero attached hydrogens (tertiary/aromatic N) is 4. The second-order valence-electron chi connectivity index (χ2n) is 2.63. The minimum atomic E-state index is 0.480. The molecule has 0 bridgehead atoms. The fourth-order valence-corrected chi connectivity index (χ4v) is 1.54. The predicted octanol–water partition coefficient (Wildman–Crippen LogP) is 0.242. The molecule has 0 saturated heterocycles. The van der Waals surface area contributed by atoms with Crippen molar-refractivity contribution in [3.63, 3.8) is 0 Å². The van der Waals surface area contributed by atoms with Gasteiger partial charge in [-0.05, 0) is 11.5 Å². The van der Waals surface area contributed by atoms with E-state index in [9.17, 15) is 0 Å². The molecule has 68 valence electrons. The summed E-state index contributed by atoms with van der Waals surface area (Å²) in [5, 5.41) is 3.76. The molecule has 0 fully saturated rings. The fraction of sp³-hybridized carbons (Fsp3) is 0.286. The van der Waals surface area contributed by atoms with Gasteiger partial charge in [0.15, 0.2) is 0 Å². The average Bonchev–Trinajstić information content (AvgIpc) is 2.76. The molecule has 6 heteroatoms. The van der Waals surface area contributed by atoms with Gasteiger partial charge in [-0.25, -0.2) is 4.98 Å². The number of hydrogen-bond donors (Lipinski definition) is 1. The standard InChI is InChI=1S/C7H9N5S/c8-1-6-3-12(5-9-6)4-7-2-10-11-13-7/h2-3,5H,1,4,8H2. The molecule has 5 nitrogen and oxygen atoms in total. The SMILES string of the molecule is NCc1cn(Cc2cnns2)cn1. The fourth-order valence-electron chi connectivity index (χ4n) is 1.04. The Morgan fingerprint density at radius 2 is 2.46 bits per heavy atom. The van der Waals surface area contributed by atoms with E-state index in [1.165, 1.54) is 11.5 Å². The molecule has 13 heavy (non-hydrogen) atoms. The first-order valence-electron chi connectivity index (χ1n) is 3.85. The molecule has 2 aromatic heterocycles. The van der Waals surface area contributed by atoms with Crippen LogP contribution in [-0.4, -0.2) is 19.1 Å². The lowest BCUT2D eigenvalue weighted by Gasteiger charge is -1.95. The van der Waals surface area contributed by atoms with Gasteiger partial charge in [0.1, 0.15) is 0 Å². The van der Waals surface area contributed by atoms with Crippen molar-refractivity contribution in [3.8, 4) is 0 Å². The highest BCUT2D eigenvalue weighted by Crippen LogP contribution is 2.05. The molecule has 0 unspecified atom stereocenters. The maximum atomic E-state index is 5.44. The maximum Gasteiger partial charge on any atom is 0.0953 e. The number of rotatable bonds is 3. The lowest BCUT2D eigenvalue weighted by Crippen LogP contribution is -1.96. The van der Waals surface area contributed by atoms with E-state index in [1.807, 2.05) is 10.8 Å². The molecule has 0 aliphatic heterocycles. The lowest BCUT2D eigenvalue weighted by atomic mass is 10.5. The molecular formula is C7H9N5S. The van der Waals surface area contributed by atoms with Crippen LogP contribution in [0.5, 0.6) is 0 Å². The van der Waals surface area contributed by atoms with E-state index in [-0.39, 0.29) is 0 Å². The second-order valence-corrected chi connectivity index (χ2v) is 3.50. The zero-order valence-corrected chi connectivity index (χ0v) is 7.74. The summed E-state index contributed by atoms with van der Waals surface area (Å²) in [6.07, 6.45) is 5.45. The first-order chi connectivity index (χ1) is 6.38. The Hall–Kier alpha value is -1.27. The van der Waals surface area contributed by atoms with Gasteiger partial charge in [-0.1, -0.05) is 4.49 Å². The van der Waals surface area contributed by atoms with E-state index in [1.54, 1.807) is 12.5 Å². The van der Waals surface area contributed by atoms with Gasteiger partial charge in [-0.2, -0.15) is 0 Å². The molecule has 0 spiro atoms. The molecule has 0 aliphatic carbocycles. The molecule has 0 saturated carbocycles. The largest absolute Gasteiger partial charge is 0.332 e. The van der Waals surface area contributed by atoms with Crippen LogP contribution in [0.3, 0.4) is 0 Å². The minimum absolute atomic E-state index is 0.480. The van der Waals surface area contributed by atoms with Crippen molar-refractivity contribution >= 4 is 11.5 Å². The van der Waals surface area contributed by atoms with Crippen molar-refractivity contribution in [3.05, 3.63) is 29.3 Å². The number of aromatic nitrogens is 4. The van der Waals surface area contributed by atoms with Crippen molar-refractivity contribution in [2.24, 2.45) is 5.73 Å². The molecule has 0 amide bonds. The summed E-state index contributed by atoms with van der Waals surface area (Å²) in [6, 6.07) is 0. The molecule has 2 N–H and O–H groups in total. The van der Waals surface area contributed by atoms with Crippen molar-refractivity contribution in [1.29, 1.82) is 0 Å². The Labute approximate surface area is 79.4 Å². The minimum Gasteiger partial charge on any atom is -0.332 e. The average molecular weight is 195 g/mol. The van der Waals surface area contributed by atoms with Gasteiger partial charge < -0.3 is 10.3 Å². The Morgan fingerprint density at radius 1 is 1.54 bits per heavy atom. The van der Waals surface area contributed by atoms with E-state index >= 15 is 0 Å². The summed E-state index contributed by atoms with van der Waals surface area (Å²) < 4.78 is 5.75. The third-order valence-corrected chi connectivity index (χ3v) is 2.29. The molecule has 0 radical (unpaired) electrons. The van der Waals surface area contributed by atoms with Gasteiger partial charge in [0.25, 0.3) is 0 Å². The summed E-state index contributed by atoms with van der Waals surface area (Å²) in [6.45, 7) is 1.25. The topological polar surface area (TPSA) is 69.6 Å². The second kappa shape index (κ2) is 3.63. The maximum absolute atomic E-state index is 5.44. The molecule has 0 atom stereocenters. The van der Waals surface area contributed by atoms with Gasteiger partial charge in [0.2, 0.25) is 0 Å². The van der Waals surface area contributed by atoms with Crippen LogP contribution < -0.4 is 5.73 Å². The Kier molecular flexibility index (Phi) is 2.33. The molecule has 0 aromatic carbocycles. The van der Waals surface area contributed by atoms with Gasteiger partial charge in [-0.3, -0.25) is 0 Å². The van der Waals surface area contributed by atoms with Crippen LogP contribution in [0.2, 0.25) is 0 Å². The van der Waals surface area contributed by atoms with Crippen LogP contribution in [0.1, 0.15) is 10.6 Å². The Bertz CT molecular complexity index is 366. The van der Waals surface area contributed by atoms with E-state index in [2.05, 4.69) is 14.6 Å². The predicted molar refractivity (Wildman–Crippen MR) is 49.1 cm³/mol. The molecular weight excluding hydrogens is 186 g/mol. The van der Waals surface area contributed by atoms with Crippen LogP contribution in [0.4, 0.5) is 0 Å². The highest BCUT2D eigenvalue weighted by atomic mass is 32.1. The van der Waals surface area contributed by atoms with Crippen LogP contribution in [0.15, 0.2) is 18.7 Å². The monoisotopic (exact) mass is 195 g/mol. The molecule has 0 aliphatic rings. The first kappa shape index (κ1) is 8.33. The van der Waals surface area contributed by atoms with E-state index in [4.69, 9.17) is 5.73 Å². The molecule has 2 rings (SSSR count). The smallest absolute Gasteiger partial charge is 0.0953 e. The number of imidazole rings is 1. The van der Waals surface area contributed by atoms with Gasteiger partial charge in [0, 0.05) is 12.7 Å². The molecule has 2 aromatic rings. The summed E-state index contributed by atoms with van der Waals surface area (Å²) >= 11 is 1.39.